The van der Waals surface area contributed by atoms with Crippen LogP contribution < -0.4 is 5.73 Å². The summed E-state index contributed by atoms with van der Waals surface area (Å²) in [5.74, 6) is 0.787. The van der Waals surface area contributed by atoms with E-state index in [1.54, 1.807) is 0 Å². The molecule has 1 rings (SSSR count). The Hall–Kier alpha value is -0.820. The summed E-state index contributed by atoms with van der Waals surface area (Å²) in [6.07, 6.45) is 3.60. The van der Waals surface area contributed by atoms with Crippen molar-refractivity contribution in [1.29, 1.82) is 0 Å². The monoisotopic (exact) mass is 205 g/mol. The second-order valence-electron chi connectivity index (χ2n) is 4.84. The van der Waals surface area contributed by atoms with E-state index < -0.39 is 0 Å². The van der Waals surface area contributed by atoms with Gasteiger partial charge < -0.3 is 5.73 Å². The summed E-state index contributed by atoms with van der Waals surface area (Å²) in [4.78, 5) is 0. The van der Waals surface area contributed by atoms with Crippen molar-refractivity contribution in [2.75, 3.05) is 0 Å². The lowest BCUT2D eigenvalue weighted by Gasteiger charge is -2.13. The van der Waals surface area contributed by atoms with Gasteiger partial charge in [-0.3, -0.25) is 0 Å². The van der Waals surface area contributed by atoms with Crippen LogP contribution in [0.3, 0.4) is 0 Å². The molecule has 2 N–H and O–H groups in total. The number of aryl methyl sites for hydroxylation is 1. The van der Waals surface area contributed by atoms with Gasteiger partial charge in [-0.15, -0.1) is 0 Å². The minimum Gasteiger partial charge on any atom is -0.324 e. The molecule has 0 aliphatic carbocycles. The maximum atomic E-state index is 6.13. The lowest BCUT2D eigenvalue weighted by molar-refractivity contribution is 0.505. The zero-order valence-corrected chi connectivity index (χ0v) is 10.2. The molecule has 0 amide bonds. The van der Waals surface area contributed by atoms with Crippen molar-refractivity contribution in [2.45, 2.75) is 46.1 Å². The van der Waals surface area contributed by atoms with Crippen LogP contribution >= 0.6 is 0 Å². The van der Waals surface area contributed by atoms with Crippen molar-refractivity contribution < 1.29 is 0 Å². The smallest absolute Gasteiger partial charge is 0.0294 e. The topological polar surface area (TPSA) is 26.0 Å². The van der Waals surface area contributed by atoms with Crippen LogP contribution in [0.4, 0.5) is 0 Å². The predicted molar refractivity (Wildman–Crippen MR) is 66.8 cm³/mol. The van der Waals surface area contributed by atoms with E-state index in [1.165, 1.54) is 24.0 Å². The van der Waals surface area contributed by atoms with Crippen molar-refractivity contribution >= 4 is 0 Å². The molecule has 1 aromatic carbocycles. The maximum absolute atomic E-state index is 6.13. The molecule has 1 unspecified atom stereocenters. The number of benzene rings is 1. The van der Waals surface area contributed by atoms with Crippen LogP contribution in [-0.2, 0) is 0 Å². The third-order valence-electron chi connectivity index (χ3n) is 2.80. The van der Waals surface area contributed by atoms with Crippen LogP contribution in [0.1, 0.15) is 50.3 Å². The van der Waals surface area contributed by atoms with Crippen LogP contribution in [0.25, 0.3) is 0 Å². The Labute approximate surface area is 93.7 Å². The molecule has 1 aromatic rings. The molecule has 0 radical (unpaired) electrons. The van der Waals surface area contributed by atoms with E-state index in [0.717, 1.165) is 12.3 Å². The summed E-state index contributed by atoms with van der Waals surface area (Å²) in [7, 11) is 0. The molecule has 0 saturated heterocycles. The molecule has 1 nitrogen and oxygen atoms in total. The van der Waals surface area contributed by atoms with Gasteiger partial charge in [0.05, 0.1) is 0 Å². The van der Waals surface area contributed by atoms with E-state index in [9.17, 15) is 0 Å². The van der Waals surface area contributed by atoms with Gasteiger partial charge in [-0.2, -0.15) is 0 Å². The van der Waals surface area contributed by atoms with Gasteiger partial charge in [0.25, 0.3) is 0 Å². The normalized spacial score (nSPS) is 13.1. The first-order valence-corrected chi connectivity index (χ1v) is 5.91. The summed E-state index contributed by atoms with van der Waals surface area (Å²) in [6.45, 7) is 6.63. The van der Waals surface area contributed by atoms with Crippen molar-refractivity contribution in [2.24, 2.45) is 11.7 Å². The van der Waals surface area contributed by atoms with Crippen LogP contribution in [0.5, 0.6) is 0 Å². The third kappa shape index (κ3) is 4.48. The summed E-state index contributed by atoms with van der Waals surface area (Å²) in [5.41, 5.74) is 8.70. The molecule has 0 fully saturated rings. The molecule has 1 heteroatoms. The van der Waals surface area contributed by atoms with Crippen molar-refractivity contribution in [3.05, 3.63) is 35.4 Å². The highest BCUT2D eigenvalue weighted by Crippen LogP contribution is 2.18. The standard InChI is InChI=1S/C14H23N/c1-11(2)5-4-6-14(15)13-9-7-12(3)8-10-13/h7-11,14H,4-6,15H2,1-3H3. The molecule has 15 heavy (non-hydrogen) atoms. The maximum Gasteiger partial charge on any atom is 0.0294 e. The quantitative estimate of drug-likeness (QED) is 0.777. The SMILES string of the molecule is Cc1ccc(C(N)CCCC(C)C)cc1. The highest BCUT2D eigenvalue weighted by Gasteiger charge is 2.05. The highest BCUT2D eigenvalue weighted by molar-refractivity contribution is 5.23. The third-order valence-corrected chi connectivity index (χ3v) is 2.80. The summed E-state index contributed by atoms with van der Waals surface area (Å²) >= 11 is 0. The number of hydrogen-bond donors (Lipinski definition) is 1. The molecule has 0 spiro atoms. The minimum atomic E-state index is 0.212. The Morgan fingerprint density at radius 2 is 1.67 bits per heavy atom. The van der Waals surface area contributed by atoms with Gasteiger partial charge in [-0.05, 0) is 24.8 Å². The number of rotatable bonds is 5. The van der Waals surface area contributed by atoms with Crippen LogP contribution in [0.15, 0.2) is 24.3 Å². The van der Waals surface area contributed by atoms with Crippen LogP contribution in [-0.4, -0.2) is 0 Å². The lowest BCUT2D eigenvalue weighted by Crippen LogP contribution is -2.10. The van der Waals surface area contributed by atoms with Gasteiger partial charge in [0.1, 0.15) is 0 Å². The zero-order valence-electron chi connectivity index (χ0n) is 10.2. The molecule has 0 saturated carbocycles. The van der Waals surface area contributed by atoms with Crippen molar-refractivity contribution in [3.8, 4) is 0 Å². The first-order valence-electron chi connectivity index (χ1n) is 5.91. The first-order chi connectivity index (χ1) is 7.09. The lowest BCUT2D eigenvalue weighted by atomic mass is 9.98. The molecular formula is C14H23N. The van der Waals surface area contributed by atoms with E-state index in [-0.39, 0.29) is 6.04 Å². The van der Waals surface area contributed by atoms with Crippen molar-refractivity contribution in [1.82, 2.24) is 0 Å². The Morgan fingerprint density at radius 3 is 2.20 bits per heavy atom. The van der Waals surface area contributed by atoms with Crippen LogP contribution in [0.2, 0.25) is 0 Å². The average molecular weight is 205 g/mol. The second kappa shape index (κ2) is 5.92. The molecule has 0 aromatic heterocycles. The highest BCUT2D eigenvalue weighted by atomic mass is 14.6. The summed E-state index contributed by atoms with van der Waals surface area (Å²) < 4.78 is 0. The van der Waals surface area contributed by atoms with E-state index in [1.807, 2.05) is 0 Å². The molecular weight excluding hydrogens is 182 g/mol. The van der Waals surface area contributed by atoms with E-state index in [0.29, 0.717) is 0 Å². The van der Waals surface area contributed by atoms with Crippen LogP contribution in [0, 0.1) is 12.8 Å². The van der Waals surface area contributed by atoms with Gasteiger partial charge in [-0.1, -0.05) is 56.5 Å². The second-order valence-corrected chi connectivity index (χ2v) is 4.84. The van der Waals surface area contributed by atoms with E-state index >= 15 is 0 Å². The summed E-state index contributed by atoms with van der Waals surface area (Å²) in [5, 5.41) is 0. The Balaban J connectivity index is 2.40. The Morgan fingerprint density at radius 1 is 1.07 bits per heavy atom. The fraction of sp³-hybridized carbons (Fsp3) is 0.571. The van der Waals surface area contributed by atoms with Gasteiger partial charge in [0.2, 0.25) is 0 Å². The molecule has 0 aliphatic heterocycles. The molecule has 0 aliphatic rings. The van der Waals surface area contributed by atoms with Crippen molar-refractivity contribution in [3.63, 3.8) is 0 Å². The van der Waals surface area contributed by atoms with E-state index in [2.05, 4.69) is 45.0 Å². The van der Waals surface area contributed by atoms with Gasteiger partial charge >= 0.3 is 0 Å². The Kier molecular flexibility index (Phi) is 4.83. The number of nitrogens with two attached hydrogens (primary N) is 1. The molecule has 84 valence electrons. The largest absolute Gasteiger partial charge is 0.324 e. The summed E-state index contributed by atoms with van der Waals surface area (Å²) in [6, 6.07) is 8.78. The number of hydrogen-bond acceptors (Lipinski definition) is 1. The zero-order chi connectivity index (χ0) is 11.3. The molecule has 0 bridgehead atoms. The Bertz CT molecular complexity index is 274. The first kappa shape index (κ1) is 12.3. The van der Waals surface area contributed by atoms with E-state index in [4.69, 9.17) is 5.73 Å². The fourth-order valence-corrected chi connectivity index (χ4v) is 1.73. The molecule has 0 heterocycles. The minimum absolute atomic E-state index is 0.212. The van der Waals surface area contributed by atoms with Gasteiger partial charge in [-0.25, -0.2) is 0 Å². The fourth-order valence-electron chi connectivity index (χ4n) is 1.73. The van der Waals surface area contributed by atoms with Gasteiger partial charge in [0.15, 0.2) is 0 Å². The predicted octanol–water partition coefficient (Wildman–Crippen LogP) is 3.82. The van der Waals surface area contributed by atoms with Gasteiger partial charge in [0, 0.05) is 6.04 Å². The average Bonchev–Trinajstić information content (AvgIpc) is 2.18. The molecule has 1 atom stereocenters.